The third-order valence-corrected chi connectivity index (χ3v) is 2.36. The van der Waals surface area contributed by atoms with Gasteiger partial charge in [0.05, 0.1) is 5.69 Å². The van der Waals surface area contributed by atoms with Crippen molar-refractivity contribution in [1.82, 2.24) is 0 Å². The quantitative estimate of drug-likeness (QED) is 0.893. The lowest BCUT2D eigenvalue weighted by Crippen LogP contribution is -2.03. The molecule has 1 nitrogen and oxygen atoms in total. The van der Waals surface area contributed by atoms with E-state index in [1.165, 1.54) is 6.07 Å². The highest BCUT2D eigenvalue weighted by molar-refractivity contribution is 9.11. The van der Waals surface area contributed by atoms with E-state index in [4.69, 9.17) is 0 Å². The number of benzene rings is 1. The first-order valence-electron chi connectivity index (χ1n) is 3.62. The summed E-state index contributed by atoms with van der Waals surface area (Å²) in [6.45, 7) is 4.15. The maximum absolute atomic E-state index is 13.2. The largest absolute Gasteiger partial charge is 0.377 e. The molecule has 13 heavy (non-hydrogen) atoms. The second kappa shape index (κ2) is 4.77. The van der Waals surface area contributed by atoms with Crippen molar-refractivity contribution >= 4 is 37.5 Å². The lowest BCUT2D eigenvalue weighted by Gasteiger charge is -2.08. The molecule has 0 aromatic heterocycles. The van der Waals surface area contributed by atoms with Gasteiger partial charge in [-0.25, -0.2) is 4.39 Å². The Labute approximate surface area is 93.3 Å². The molecule has 0 amide bonds. The molecule has 0 radical (unpaired) electrons. The first-order valence-corrected chi connectivity index (χ1v) is 5.21. The highest BCUT2D eigenvalue weighted by atomic mass is 79.9. The molecule has 1 aromatic rings. The molecule has 0 saturated heterocycles. The summed E-state index contributed by atoms with van der Waals surface area (Å²) in [5.74, 6) is -0.275. The van der Waals surface area contributed by atoms with E-state index in [9.17, 15) is 4.39 Å². The summed E-state index contributed by atoms with van der Waals surface area (Å²) in [6, 6.07) is 4.83. The van der Waals surface area contributed by atoms with Gasteiger partial charge < -0.3 is 5.32 Å². The molecular weight excluding hydrogens is 301 g/mol. The van der Waals surface area contributed by atoms with Crippen molar-refractivity contribution in [2.24, 2.45) is 0 Å². The molecule has 0 fully saturated rings. The predicted molar refractivity (Wildman–Crippen MR) is 60.7 cm³/mol. The molecule has 0 atom stereocenters. The Morgan fingerprint density at radius 1 is 1.54 bits per heavy atom. The van der Waals surface area contributed by atoms with Crippen LogP contribution in [0.3, 0.4) is 0 Å². The molecule has 1 rings (SSSR count). The predicted octanol–water partition coefficient (Wildman–Crippen LogP) is 3.91. The van der Waals surface area contributed by atoms with Gasteiger partial charge in [-0.2, -0.15) is 0 Å². The van der Waals surface area contributed by atoms with E-state index in [2.05, 4.69) is 43.8 Å². The summed E-state index contributed by atoms with van der Waals surface area (Å²) < 4.78 is 14.7. The van der Waals surface area contributed by atoms with E-state index < -0.39 is 0 Å². The summed E-state index contributed by atoms with van der Waals surface area (Å²) in [5.41, 5.74) is 0.461. The lowest BCUT2D eigenvalue weighted by molar-refractivity contribution is 0.630. The third-order valence-electron chi connectivity index (χ3n) is 1.42. The van der Waals surface area contributed by atoms with Crippen LogP contribution in [-0.4, -0.2) is 6.54 Å². The van der Waals surface area contributed by atoms with Gasteiger partial charge in [0, 0.05) is 15.5 Å². The number of hydrogen-bond donors (Lipinski definition) is 1. The summed E-state index contributed by atoms with van der Waals surface area (Å²) in [5, 5.41) is 2.91. The summed E-state index contributed by atoms with van der Waals surface area (Å²) in [6.07, 6.45) is 0. The van der Waals surface area contributed by atoms with Crippen LogP contribution in [0.2, 0.25) is 0 Å². The van der Waals surface area contributed by atoms with Gasteiger partial charge in [0.15, 0.2) is 0 Å². The fourth-order valence-corrected chi connectivity index (χ4v) is 1.47. The highest BCUT2D eigenvalue weighted by Gasteiger charge is 2.04. The zero-order chi connectivity index (χ0) is 9.84. The van der Waals surface area contributed by atoms with Gasteiger partial charge in [-0.1, -0.05) is 28.6 Å². The van der Waals surface area contributed by atoms with Crippen molar-refractivity contribution in [2.45, 2.75) is 0 Å². The fourth-order valence-electron chi connectivity index (χ4n) is 0.851. The van der Waals surface area contributed by atoms with E-state index in [-0.39, 0.29) is 5.82 Å². The second-order valence-corrected chi connectivity index (χ2v) is 4.44. The number of hydrogen-bond acceptors (Lipinski definition) is 1. The first kappa shape index (κ1) is 10.7. The van der Waals surface area contributed by atoms with Crippen LogP contribution in [0.4, 0.5) is 10.1 Å². The van der Waals surface area contributed by atoms with Crippen molar-refractivity contribution in [2.75, 3.05) is 11.9 Å². The molecule has 0 spiro atoms. The maximum Gasteiger partial charge on any atom is 0.147 e. The molecule has 0 heterocycles. The Kier molecular flexibility index (Phi) is 3.93. The minimum Gasteiger partial charge on any atom is -0.377 e. The average Bonchev–Trinajstić information content (AvgIpc) is 2.03. The minimum absolute atomic E-state index is 0.275. The zero-order valence-corrected chi connectivity index (χ0v) is 9.95. The van der Waals surface area contributed by atoms with Crippen LogP contribution in [0, 0.1) is 5.82 Å². The van der Waals surface area contributed by atoms with Gasteiger partial charge in [-0.05, 0) is 28.1 Å². The van der Waals surface area contributed by atoms with E-state index in [0.29, 0.717) is 16.7 Å². The monoisotopic (exact) mass is 307 g/mol. The van der Waals surface area contributed by atoms with E-state index in [0.717, 1.165) is 4.48 Å². The Balaban J connectivity index is 2.81. The minimum atomic E-state index is -0.275. The van der Waals surface area contributed by atoms with Gasteiger partial charge >= 0.3 is 0 Å². The Hall–Kier alpha value is -0.350. The van der Waals surface area contributed by atoms with Gasteiger partial charge in [-0.15, -0.1) is 0 Å². The van der Waals surface area contributed by atoms with Crippen molar-refractivity contribution in [3.63, 3.8) is 0 Å². The molecule has 0 unspecified atom stereocenters. The van der Waals surface area contributed by atoms with Gasteiger partial charge in [0.1, 0.15) is 5.82 Å². The zero-order valence-electron chi connectivity index (χ0n) is 6.78. The summed E-state index contributed by atoms with van der Waals surface area (Å²) in [4.78, 5) is 0. The Bertz CT molecular complexity index is 305. The van der Waals surface area contributed by atoms with Crippen LogP contribution >= 0.6 is 31.9 Å². The molecule has 0 bridgehead atoms. The number of nitrogens with one attached hydrogen (secondary N) is 1. The van der Waals surface area contributed by atoms with Gasteiger partial charge in [0.2, 0.25) is 0 Å². The number of para-hydroxylation sites is 1. The molecule has 4 heteroatoms. The van der Waals surface area contributed by atoms with Crippen molar-refractivity contribution < 1.29 is 4.39 Å². The Morgan fingerprint density at radius 2 is 2.23 bits per heavy atom. The van der Waals surface area contributed by atoms with Crippen LogP contribution in [0.25, 0.3) is 0 Å². The molecule has 0 aliphatic rings. The normalized spacial score (nSPS) is 9.77. The summed E-state index contributed by atoms with van der Waals surface area (Å²) >= 11 is 6.44. The molecular formula is C9H8Br2FN. The topological polar surface area (TPSA) is 12.0 Å². The van der Waals surface area contributed by atoms with Crippen LogP contribution < -0.4 is 5.32 Å². The van der Waals surface area contributed by atoms with Crippen LogP contribution in [0.5, 0.6) is 0 Å². The number of rotatable bonds is 3. The molecule has 0 saturated carbocycles. The molecule has 1 aromatic carbocycles. The third kappa shape index (κ3) is 3.12. The van der Waals surface area contributed by atoms with E-state index >= 15 is 0 Å². The lowest BCUT2D eigenvalue weighted by atomic mass is 10.3. The van der Waals surface area contributed by atoms with Gasteiger partial charge in [-0.3, -0.25) is 0 Å². The van der Waals surface area contributed by atoms with Crippen molar-refractivity contribution in [1.29, 1.82) is 0 Å². The SMILES string of the molecule is C=C(Br)CNc1c(F)cccc1Br. The average molecular weight is 309 g/mol. The van der Waals surface area contributed by atoms with Gasteiger partial charge in [0.25, 0.3) is 0 Å². The molecule has 0 aliphatic carbocycles. The molecule has 1 N–H and O–H groups in total. The standard InChI is InChI=1S/C9H8Br2FN/c1-6(10)5-13-9-7(11)3-2-4-8(9)12/h2-4,13H,1,5H2. The molecule has 0 aliphatic heterocycles. The number of anilines is 1. The number of halogens is 3. The Morgan fingerprint density at radius 3 is 2.77 bits per heavy atom. The van der Waals surface area contributed by atoms with Crippen LogP contribution in [-0.2, 0) is 0 Å². The maximum atomic E-state index is 13.2. The highest BCUT2D eigenvalue weighted by Crippen LogP contribution is 2.25. The summed E-state index contributed by atoms with van der Waals surface area (Å²) in [7, 11) is 0. The van der Waals surface area contributed by atoms with Crippen LogP contribution in [0.1, 0.15) is 0 Å². The van der Waals surface area contributed by atoms with Crippen molar-refractivity contribution in [3.05, 3.63) is 39.6 Å². The van der Waals surface area contributed by atoms with Crippen LogP contribution in [0.15, 0.2) is 33.7 Å². The fraction of sp³-hybridized carbons (Fsp3) is 0.111. The van der Waals surface area contributed by atoms with E-state index in [1.54, 1.807) is 12.1 Å². The second-order valence-electron chi connectivity index (χ2n) is 2.47. The first-order chi connectivity index (χ1) is 6.11. The van der Waals surface area contributed by atoms with Crippen molar-refractivity contribution in [3.8, 4) is 0 Å². The smallest absolute Gasteiger partial charge is 0.147 e. The molecule has 70 valence electrons. The van der Waals surface area contributed by atoms with E-state index in [1.807, 2.05) is 0 Å².